The summed E-state index contributed by atoms with van der Waals surface area (Å²) >= 11 is 1.77. The number of hydrogen-bond donors (Lipinski definition) is 1. The number of methoxy groups -OCH3 is 1. The first-order valence-corrected chi connectivity index (χ1v) is 7.89. The SMILES string of the molecule is COc1ccc2c(c1)C(NCc1cnc(C)s1)CCC2. The normalized spacial score (nSPS) is 17.8. The van der Waals surface area contributed by atoms with Crippen LogP contribution in [-0.4, -0.2) is 12.1 Å². The second-order valence-corrected chi connectivity index (χ2v) is 6.56. The van der Waals surface area contributed by atoms with E-state index in [9.17, 15) is 0 Å². The van der Waals surface area contributed by atoms with Crippen molar-refractivity contribution in [3.63, 3.8) is 0 Å². The lowest BCUT2D eigenvalue weighted by molar-refractivity contribution is 0.408. The van der Waals surface area contributed by atoms with Crippen LogP contribution in [0.3, 0.4) is 0 Å². The van der Waals surface area contributed by atoms with Crippen LogP contribution in [-0.2, 0) is 13.0 Å². The summed E-state index contributed by atoms with van der Waals surface area (Å²) in [6.45, 7) is 2.95. The van der Waals surface area contributed by atoms with Gasteiger partial charge in [-0.25, -0.2) is 4.98 Å². The fraction of sp³-hybridized carbons (Fsp3) is 0.438. The summed E-state index contributed by atoms with van der Waals surface area (Å²) in [5, 5.41) is 4.81. The Morgan fingerprint density at radius 3 is 3.10 bits per heavy atom. The van der Waals surface area contributed by atoms with E-state index in [0.717, 1.165) is 17.3 Å². The van der Waals surface area contributed by atoms with Gasteiger partial charge in [-0.05, 0) is 49.4 Å². The number of hydrogen-bond acceptors (Lipinski definition) is 4. The molecular formula is C16H20N2OS. The molecule has 0 amide bonds. The van der Waals surface area contributed by atoms with Crippen molar-refractivity contribution in [2.24, 2.45) is 0 Å². The highest BCUT2D eigenvalue weighted by molar-refractivity contribution is 7.11. The lowest BCUT2D eigenvalue weighted by atomic mass is 9.87. The molecule has 1 aromatic heterocycles. The second-order valence-electron chi connectivity index (χ2n) is 5.24. The molecule has 0 saturated heterocycles. The summed E-state index contributed by atoms with van der Waals surface area (Å²) in [5.41, 5.74) is 2.85. The average Bonchev–Trinajstić information content (AvgIpc) is 2.90. The topological polar surface area (TPSA) is 34.1 Å². The number of thiazole rings is 1. The average molecular weight is 288 g/mol. The van der Waals surface area contributed by atoms with Crippen LogP contribution in [0, 0.1) is 6.92 Å². The Kier molecular flexibility index (Phi) is 4.03. The van der Waals surface area contributed by atoms with E-state index in [-0.39, 0.29) is 0 Å². The van der Waals surface area contributed by atoms with Gasteiger partial charge in [-0.2, -0.15) is 0 Å². The van der Waals surface area contributed by atoms with E-state index in [4.69, 9.17) is 4.74 Å². The quantitative estimate of drug-likeness (QED) is 0.933. The summed E-state index contributed by atoms with van der Waals surface area (Å²) < 4.78 is 5.36. The summed E-state index contributed by atoms with van der Waals surface area (Å²) in [7, 11) is 1.73. The predicted octanol–water partition coefficient (Wildman–Crippen LogP) is 3.63. The van der Waals surface area contributed by atoms with Gasteiger partial charge in [0.15, 0.2) is 0 Å². The molecule has 0 fully saturated rings. The molecule has 0 radical (unpaired) electrons. The van der Waals surface area contributed by atoms with E-state index in [1.54, 1.807) is 18.4 Å². The molecule has 0 spiro atoms. The van der Waals surface area contributed by atoms with Crippen LogP contribution in [0.2, 0.25) is 0 Å². The first-order chi connectivity index (χ1) is 9.76. The summed E-state index contributed by atoms with van der Waals surface area (Å²) in [6.07, 6.45) is 5.59. The first kappa shape index (κ1) is 13.6. The minimum atomic E-state index is 0.427. The van der Waals surface area contributed by atoms with Gasteiger partial charge in [0.1, 0.15) is 5.75 Å². The molecule has 1 N–H and O–H groups in total. The Bertz CT molecular complexity index is 594. The van der Waals surface area contributed by atoms with Crippen LogP contribution < -0.4 is 10.1 Å². The van der Waals surface area contributed by atoms with Crippen molar-refractivity contribution >= 4 is 11.3 Å². The van der Waals surface area contributed by atoms with Crippen LogP contribution in [0.5, 0.6) is 5.75 Å². The van der Waals surface area contributed by atoms with Gasteiger partial charge in [0, 0.05) is 23.7 Å². The van der Waals surface area contributed by atoms with Gasteiger partial charge in [-0.15, -0.1) is 11.3 Å². The van der Waals surface area contributed by atoms with E-state index in [1.807, 2.05) is 6.20 Å². The van der Waals surface area contributed by atoms with Crippen molar-refractivity contribution in [3.05, 3.63) is 45.4 Å². The van der Waals surface area contributed by atoms with Gasteiger partial charge >= 0.3 is 0 Å². The maximum atomic E-state index is 5.36. The lowest BCUT2D eigenvalue weighted by Crippen LogP contribution is -2.24. The zero-order valence-corrected chi connectivity index (χ0v) is 12.8. The maximum Gasteiger partial charge on any atom is 0.119 e. The largest absolute Gasteiger partial charge is 0.497 e. The third kappa shape index (κ3) is 2.86. The fourth-order valence-corrected chi connectivity index (χ4v) is 3.57. The maximum absolute atomic E-state index is 5.36. The van der Waals surface area contributed by atoms with Gasteiger partial charge in [0.05, 0.1) is 12.1 Å². The smallest absolute Gasteiger partial charge is 0.119 e. The number of nitrogens with one attached hydrogen (secondary N) is 1. The zero-order chi connectivity index (χ0) is 13.9. The molecule has 3 rings (SSSR count). The van der Waals surface area contributed by atoms with E-state index in [2.05, 4.69) is 35.4 Å². The zero-order valence-electron chi connectivity index (χ0n) is 12.0. The van der Waals surface area contributed by atoms with E-state index in [1.165, 1.54) is 35.3 Å². The molecule has 0 saturated carbocycles. The second kappa shape index (κ2) is 5.94. The molecule has 3 nitrogen and oxygen atoms in total. The van der Waals surface area contributed by atoms with E-state index >= 15 is 0 Å². The third-order valence-electron chi connectivity index (χ3n) is 3.86. The van der Waals surface area contributed by atoms with Crippen molar-refractivity contribution in [2.45, 2.75) is 38.8 Å². The van der Waals surface area contributed by atoms with E-state index in [0.29, 0.717) is 6.04 Å². The number of nitrogens with zero attached hydrogens (tertiary/aromatic N) is 1. The number of ether oxygens (including phenoxy) is 1. The molecule has 1 atom stereocenters. The highest BCUT2D eigenvalue weighted by atomic mass is 32.1. The van der Waals surface area contributed by atoms with Crippen LogP contribution >= 0.6 is 11.3 Å². The highest BCUT2D eigenvalue weighted by Crippen LogP contribution is 2.32. The fourth-order valence-electron chi connectivity index (χ4n) is 2.83. The minimum absolute atomic E-state index is 0.427. The summed E-state index contributed by atoms with van der Waals surface area (Å²) in [4.78, 5) is 5.61. The van der Waals surface area contributed by atoms with E-state index < -0.39 is 0 Å². The molecule has 1 aromatic carbocycles. The number of aromatic nitrogens is 1. The summed E-state index contributed by atoms with van der Waals surface area (Å²) in [6, 6.07) is 6.88. The van der Waals surface area contributed by atoms with Crippen LogP contribution in [0.25, 0.3) is 0 Å². The molecule has 106 valence electrons. The van der Waals surface area contributed by atoms with Gasteiger partial charge in [0.2, 0.25) is 0 Å². The van der Waals surface area contributed by atoms with Crippen LogP contribution in [0.1, 0.15) is 39.9 Å². The molecule has 4 heteroatoms. The van der Waals surface area contributed by atoms with Gasteiger partial charge in [0.25, 0.3) is 0 Å². The van der Waals surface area contributed by atoms with Crippen molar-refractivity contribution in [1.82, 2.24) is 10.3 Å². The molecule has 0 bridgehead atoms. The molecule has 2 aromatic rings. The third-order valence-corrected chi connectivity index (χ3v) is 4.77. The number of rotatable bonds is 4. The van der Waals surface area contributed by atoms with Gasteiger partial charge in [-0.3, -0.25) is 0 Å². The Balaban J connectivity index is 1.75. The van der Waals surface area contributed by atoms with Crippen LogP contribution in [0.15, 0.2) is 24.4 Å². The number of fused-ring (bicyclic) bond motifs is 1. The summed E-state index contributed by atoms with van der Waals surface area (Å²) in [5.74, 6) is 0.950. The molecule has 1 aliphatic carbocycles. The molecular weight excluding hydrogens is 268 g/mol. The molecule has 1 aliphatic rings. The van der Waals surface area contributed by atoms with Crippen molar-refractivity contribution in [2.75, 3.05) is 7.11 Å². The number of aryl methyl sites for hydroxylation is 2. The highest BCUT2D eigenvalue weighted by Gasteiger charge is 2.20. The molecule has 1 heterocycles. The predicted molar refractivity (Wildman–Crippen MR) is 82.4 cm³/mol. The Labute approximate surface area is 124 Å². The standard InChI is InChI=1S/C16H20N2OS/c1-11-17-9-14(20-11)10-18-16-5-3-4-12-6-7-13(19-2)8-15(12)16/h6-9,16,18H,3-5,10H2,1-2H3. The lowest BCUT2D eigenvalue weighted by Gasteiger charge is -2.26. The molecule has 20 heavy (non-hydrogen) atoms. The minimum Gasteiger partial charge on any atom is -0.497 e. The van der Waals surface area contributed by atoms with Crippen molar-refractivity contribution in [3.8, 4) is 5.75 Å². The van der Waals surface area contributed by atoms with Crippen LogP contribution in [0.4, 0.5) is 0 Å². The monoisotopic (exact) mass is 288 g/mol. The molecule has 0 aliphatic heterocycles. The van der Waals surface area contributed by atoms with Crippen molar-refractivity contribution < 1.29 is 4.74 Å². The molecule has 1 unspecified atom stereocenters. The first-order valence-electron chi connectivity index (χ1n) is 7.08. The Hall–Kier alpha value is -1.39. The number of benzene rings is 1. The Morgan fingerprint density at radius 1 is 1.45 bits per heavy atom. The van der Waals surface area contributed by atoms with Gasteiger partial charge < -0.3 is 10.1 Å². The Morgan fingerprint density at radius 2 is 2.35 bits per heavy atom. The van der Waals surface area contributed by atoms with Gasteiger partial charge in [-0.1, -0.05) is 6.07 Å². The van der Waals surface area contributed by atoms with Crippen molar-refractivity contribution in [1.29, 1.82) is 0 Å².